The number of thiazole rings is 1. The molecule has 0 aromatic carbocycles. The van der Waals surface area contributed by atoms with E-state index < -0.39 is 5.91 Å². The Bertz CT molecular complexity index is 1560. The van der Waals surface area contributed by atoms with Gasteiger partial charge in [-0.15, -0.1) is 11.3 Å². The van der Waals surface area contributed by atoms with E-state index in [-0.39, 0.29) is 18.7 Å². The van der Waals surface area contributed by atoms with Crippen LogP contribution in [0.5, 0.6) is 5.88 Å². The Morgan fingerprint density at radius 1 is 1.20 bits per heavy atom. The fourth-order valence-corrected chi connectivity index (χ4v) is 8.03. The molecule has 1 aliphatic carbocycles. The van der Waals surface area contributed by atoms with Gasteiger partial charge in [-0.1, -0.05) is 13.8 Å². The first kappa shape index (κ1) is 30.3. The Kier molecular flexibility index (Phi) is 8.77. The molecule has 13 heteroatoms. The SMILES string of the molecule is CCC(CC)N(C1CCC(Oc2nc(C)sc2C(N)=O)CC1)[C@@H]1CCCN(c2cc(C3=CC(=O)OC3)n3ncnc(N)c23)C1. The lowest BCUT2D eigenvalue weighted by molar-refractivity contribution is -0.134. The molecule has 236 valence electrons. The molecule has 0 unspecified atom stereocenters. The van der Waals surface area contributed by atoms with Gasteiger partial charge in [0, 0.05) is 42.9 Å². The summed E-state index contributed by atoms with van der Waals surface area (Å²) < 4.78 is 13.2. The molecule has 1 saturated carbocycles. The van der Waals surface area contributed by atoms with Crippen LogP contribution in [-0.4, -0.2) is 80.3 Å². The minimum Gasteiger partial charge on any atom is -0.473 e. The van der Waals surface area contributed by atoms with Crippen LogP contribution in [0, 0.1) is 6.92 Å². The molecule has 2 aliphatic heterocycles. The molecule has 44 heavy (non-hydrogen) atoms. The number of nitrogens with zero attached hydrogens (tertiary/aromatic N) is 6. The van der Waals surface area contributed by atoms with Crippen molar-refractivity contribution in [3.05, 3.63) is 34.0 Å². The van der Waals surface area contributed by atoms with E-state index in [1.54, 1.807) is 4.52 Å². The lowest BCUT2D eigenvalue weighted by Gasteiger charge is -2.48. The number of anilines is 2. The molecule has 1 atom stereocenters. The summed E-state index contributed by atoms with van der Waals surface area (Å²) in [6.45, 7) is 8.44. The second-order valence-corrected chi connectivity index (χ2v) is 13.2. The topological polar surface area (TPSA) is 154 Å². The number of carbonyl (C=O) groups is 2. The summed E-state index contributed by atoms with van der Waals surface area (Å²) in [7, 11) is 0. The Labute approximate surface area is 261 Å². The second kappa shape index (κ2) is 12.7. The van der Waals surface area contributed by atoms with Gasteiger partial charge in [-0.2, -0.15) is 5.10 Å². The minimum absolute atomic E-state index is 0.0205. The lowest BCUT2D eigenvalue weighted by atomic mass is 9.87. The van der Waals surface area contributed by atoms with Gasteiger partial charge in [0.15, 0.2) is 10.7 Å². The van der Waals surface area contributed by atoms with E-state index in [0.717, 1.165) is 91.9 Å². The first-order valence-corrected chi connectivity index (χ1v) is 16.5. The van der Waals surface area contributed by atoms with Crippen LogP contribution in [0.4, 0.5) is 11.5 Å². The number of primary amides is 1. The number of rotatable bonds is 10. The third kappa shape index (κ3) is 5.86. The van der Waals surface area contributed by atoms with Crippen LogP contribution in [0.1, 0.15) is 85.6 Å². The van der Waals surface area contributed by atoms with Gasteiger partial charge in [-0.25, -0.2) is 19.3 Å². The van der Waals surface area contributed by atoms with Crippen LogP contribution in [0.25, 0.3) is 11.1 Å². The zero-order valence-electron chi connectivity index (χ0n) is 25.7. The largest absolute Gasteiger partial charge is 0.473 e. The predicted molar refractivity (Wildman–Crippen MR) is 170 cm³/mol. The zero-order valence-corrected chi connectivity index (χ0v) is 26.5. The molecule has 12 nitrogen and oxygen atoms in total. The van der Waals surface area contributed by atoms with E-state index in [2.05, 4.69) is 44.8 Å². The first-order valence-electron chi connectivity index (χ1n) is 15.7. The van der Waals surface area contributed by atoms with Gasteiger partial charge in [-0.05, 0) is 64.4 Å². The molecule has 0 spiro atoms. The molecule has 1 saturated heterocycles. The van der Waals surface area contributed by atoms with Crippen LogP contribution in [-0.2, 0) is 9.53 Å². The summed E-state index contributed by atoms with van der Waals surface area (Å²) in [5, 5.41) is 5.28. The van der Waals surface area contributed by atoms with Crippen molar-refractivity contribution >= 4 is 45.8 Å². The predicted octanol–water partition coefficient (Wildman–Crippen LogP) is 3.97. The van der Waals surface area contributed by atoms with Gasteiger partial charge >= 0.3 is 5.97 Å². The van der Waals surface area contributed by atoms with Gasteiger partial charge in [0.25, 0.3) is 5.91 Å². The summed E-state index contributed by atoms with van der Waals surface area (Å²) in [5.41, 5.74) is 15.4. The molecule has 0 bridgehead atoms. The summed E-state index contributed by atoms with van der Waals surface area (Å²) in [4.78, 5) is 38.1. The van der Waals surface area contributed by atoms with Gasteiger partial charge in [0.05, 0.1) is 16.4 Å². The number of aromatic nitrogens is 4. The molecule has 3 aliphatic rings. The van der Waals surface area contributed by atoms with Crippen molar-refractivity contribution in [1.82, 2.24) is 24.5 Å². The van der Waals surface area contributed by atoms with E-state index in [0.29, 0.717) is 34.7 Å². The smallest absolute Gasteiger partial charge is 0.331 e. The number of nitrogens with two attached hydrogens (primary N) is 2. The Hall–Kier alpha value is -3.71. The number of esters is 1. The van der Waals surface area contributed by atoms with Gasteiger partial charge in [0.1, 0.15) is 24.6 Å². The van der Waals surface area contributed by atoms with E-state index in [1.165, 1.54) is 23.7 Å². The van der Waals surface area contributed by atoms with Gasteiger partial charge in [0.2, 0.25) is 5.88 Å². The number of piperidine rings is 1. The molecule has 5 heterocycles. The van der Waals surface area contributed by atoms with Crippen LogP contribution in [0.3, 0.4) is 0 Å². The number of amides is 1. The monoisotopic (exact) mass is 622 g/mol. The average molecular weight is 623 g/mol. The lowest BCUT2D eigenvalue weighted by Crippen LogP contribution is -2.56. The molecule has 1 amide bonds. The number of ether oxygens (including phenoxy) is 2. The normalized spacial score (nSPS) is 22.6. The quantitative estimate of drug-likeness (QED) is 0.318. The Balaban J connectivity index is 1.22. The third-order valence-electron chi connectivity index (χ3n) is 9.35. The van der Waals surface area contributed by atoms with Crippen LogP contribution in [0.2, 0.25) is 0 Å². The van der Waals surface area contributed by atoms with Crippen LogP contribution in [0.15, 0.2) is 18.5 Å². The fourth-order valence-electron chi connectivity index (χ4n) is 7.32. The van der Waals surface area contributed by atoms with Gasteiger partial charge < -0.3 is 25.8 Å². The number of cyclic esters (lactones) is 1. The van der Waals surface area contributed by atoms with Crippen molar-refractivity contribution in [3.8, 4) is 5.88 Å². The molecule has 6 rings (SSSR count). The highest BCUT2D eigenvalue weighted by Crippen LogP contribution is 2.38. The number of carbonyl (C=O) groups excluding carboxylic acids is 2. The first-order chi connectivity index (χ1) is 21.3. The van der Waals surface area contributed by atoms with Crippen molar-refractivity contribution < 1.29 is 19.1 Å². The highest BCUT2D eigenvalue weighted by Gasteiger charge is 2.37. The Morgan fingerprint density at radius 2 is 1.98 bits per heavy atom. The molecule has 3 aromatic rings. The molecular formula is C31H42N8O4S. The second-order valence-electron chi connectivity index (χ2n) is 12.0. The summed E-state index contributed by atoms with van der Waals surface area (Å²) in [5.74, 6) is -0.0269. The van der Waals surface area contributed by atoms with Gasteiger partial charge in [-0.3, -0.25) is 9.69 Å². The highest BCUT2D eigenvalue weighted by atomic mass is 32.1. The number of hydrogen-bond acceptors (Lipinski definition) is 11. The average Bonchev–Trinajstić information content (AvgIpc) is 3.73. The maximum atomic E-state index is 11.9. The molecule has 3 aromatic heterocycles. The third-order valence-corrected chi connectivity index (χ3v) is 10.3. The van der Waals surface area contributed by atoms with Crippen molar-refractivity contribution in [2.75, 3.05) is 30.3 Å². The van der Waals surface area contributed by atoms with Crippen molar-refractivity contribution in [3.63, 3.8) is 0 Å². The van der Waals surface area contributed by atoms with E-state index in [1.807, 2.05) is 6.92 Å². The van der Waals surface area contributed by atoms with E-state index in [4.69, 9.17) is 20.9 Å². The summed E-state index contributed by atoms with van der Waals surface area (Å²) in [6.07, 6.45) is 11.2. The summed E-state index contributed by atoms with van der Waals surface area (Å²) in [6, 6.07) is 3.38. The number of nitrogen functional groups attached to an aromatic ring is 1. The maximum absolute atomic E-state index is 11.9. The van der Waals surface area contributed by atoms with Crippen LogP contribution < -0.4 is 21.1 Å². The van der Waals surface area contributed by atoms with Crippen molar-refractivity contribution in [2.24, 2.45) is 5.73 Å². The standard InChI is InChI=1S/C31H42N8O4S/c1-4-20(5-2)38(21-8-10-23(11-9-21)43-31-28(30(33)41)44-18(3)36-31)22-7-6-12-37(15-22)25-14-24(19-13-26(40)42-16-19)39-27(25)29(32)34-17-35-39/h13-14,17,20-23H,4-12,15-16H2,1-3H3,(H2,33,41)(H2,32,34,35)/t21?,22-,23?/m1/s1. The molecule has 4 N–H and O–H groups in total. The minimum atomic E-state index is -0.487. The van der Waals surface area contributed by atoms with Crippen molar-refractivity contribution in [2.45, 2.75) is 96.4 Å². The highest BCUT2D eigenvalue weighted by molar-refractivity contribution is 7.13. The number of aryl methyl sites for hydroxylation is 1. The molecule has 0 radical (unpaired) electrons. The van der Waals surface area contributed by atoms with E-state index in [9.17, 15) is 9.59 Å². The maximum Gasteiger partial charge on any atom is 0.331 e. The Morgan fingerprint density at radius 3 is 2.66 bits per heavy atom. The molecule has 2 fully saturated rings. The van der Waals surface area contributed by atoms with Crippen LogP contribution >= 0.6 is 11.3 Å². The summed E-state index contributed by atoms with van der Waals surface area (Å²) >= 11 is 1.29. The van der Waals surface area contributed by atoms with Crippen molar-refractivity contribution in [1.29, 1.82) is 0 Å². The fraction of sp³-hybridized carbons (Fsp3) is 0.581. The number of hydrogen-bond donors (Lipinski definition) is 2. The number of fused-ring (bicyclic) bond motifs is 1. The zero-order chi connectivity index (χ0) is 31.0. The molecular weight excluding hydrogens is 580 g/mol. The van der Waals surface area contributed by atoms with E-state index >= 15 is 0 Å².